The lowest BCUT2D eigenvalue weighted by Crippen LogP contribution is -2.50. The van der Waals surface area contributed by atoms with Crippen LogP contribution in [0.2, 0.25) is 0 Å². The van der Waals surface area contributed by atoms with Crippen LogP contribution in [0.25, 0.3) is 0 Å². The maximum atomic E-state index is 12.8. The zero-order chi connectivity index (χ0) is 20.3. The highest BCUT2D eigenvalue weighted by Crippen LogP contribution is 2.32. The van der Waals surface area contributed by atoms with E-state index < -0.39 is 0 Å². The lowest BCUT2D eigenvalue weighted by Gasteiger charge is -2.34. The summed E-state index contributed by atoms with van der Waals surface area (Å²) in [6.07, 6.45) is 3.83. The van der Waals surface area contributed by atoms with Crippen LogP contribution >= 0.6 is 0 Å². The predicted molar refractivity (Wildman–Crippen MR) is 106 cm³/mol. The van der Waals surface area contributed by atoms with E-state index in [1.54, 1.807) is 12.3 Å². The first kappa shape index (κ1) is 20.1. The fraction of sp³-hybridized carbons (Fsp3) is 0.600. The van der Waals surface area contributed by atoms with Gasteiger partial charge in [-0.3, -0.25) is 14.4 Å². The summed E-state index contributed by atoms with van der Waals surface area (Å²) in [4.78, 5) is 46.8. The highest BCUT2D eigenvalue weighted by atomic mass is 16.2. The summed E-state index contributed by atoms with van der Waals surface area (Å²) in [5.41, 5.74) is 1.39. The molecule has 2 fully saturated rings. The summed E-state index contributed by atoms with van der Waals surface area (Å²) in [6, 6.07) is 3.78. The Morgan fingerprint density at radius 3 is 2.43 bits per heavy atom. The molecule has 28 heavy (non-hydrogen) atoms. The topological polar surface area (TPSA) is 85.8 Å². The van der Waals surface area contributed by atoms with E-state index >= 15 is 0 Å². The predicted octanol–water partition coefficient (Wildman–Crippen LogP) is 0.879. The van der Waals surface area contributed by atoms with Gasteiger partial charge in [-0.25, -0.2) is 4.98 Å². The van der Waals surface area contributed by atoms with E-state index in [2.05, 4.69) is 10.3 Å². The second-order valence-corrected chi connectivity index (χ2v) is 7.65. The van der Waals surface area contributed by atoms with Gasteiger partial charge in [0, 0.05) is 46.6 Å². The molecule has 0 radical (unpaired) electrons. The normalized spacial score (nSPS) is 20.4. The third-order valence-corrected chi connectivity index (χ3v) is 5.47. The number of aromatic nitrogens is 1. The number of fused-ring (bicyclic) bond motifs is 2. The largest absolute Gasteiger partial charge is 0.376 e. The molecule has 3 heterocycles. The molecule has 8 nitrogen and oxygen atoms in total. The Bertz CT molecular complexity index is 734. The van der Waals surface area contributed by atoms with Crippen molar-refractivity contribution in [1.82, 2.24) is 20.1 Å². The summed E-state index contributed by atoms with van der Waals surface area (Å²) >= 11 is 0. The molecule has 1 aromatic rings. The van der Waals surface area contributed by atoms with Crippen molar-refractivity contribution < 1.29 is 14.4 Å². The molecule has 0 saturated carbocycles. The maximum absolute atomic E-state index is 12.8. The van der Waals surface area contributed by atoms with E-state index in [0.29, 0.717) is 44.6 Å². The lowest BCUT2D eigenvalue weighted by molar-refractivity contribution is -0.133. The average molecular weight is 387 g/mol. The molecule has 1 aromatic heterocycles. The quantitative estimate of drug-likeness (QED) is 0.751. The van der Waals surface area contributed by atoms with E-state index in [9.17, 15) is 14.4 Å². The first-order valence-corrected chi connectivity index (χ1v) is 9.91. The second kappa shape index (κ2) is 8.58. The zero-order valence-electron chi connectivity index (χ0n) is 16.9. The van der Waals surface area contributed by atoms with E-state index in [0.717, 1.165) is 12.1 Å². The molecule has 0 aliphatic carbocycles. The number of amides is 3. The third-order valence-electron chi connectivity index (χ3n) is 5.47. The van der Waals surface area contributed by atoms with Crippen molar-refractivity contribution in [3.05, 3.63) is 24.0 Å². The number of hydrogen-bond acceptors (Lipinski definition) is 5. The molecular weight excluding hydrogens is 358 g/mol. The van der Waals surface area contributed by atoms with E-state index in [1.165, 1.54) is 0 Å². The van der Waals surface area contributed by atoms with E-state index in [4.69, 9.17) is 0 Å². The average Bonchev–Trinajstić information content (AvgIpc) is 3.28. The summed E-state index contributed by atoms with van der Waals surface area (Å²) in [7, 11) is 3.86. The maximum Gasteiger partial charge on any atom is 0.272 e. The van der Waals surface area contributed by atoms with Crippen molar-refractivity contribution in [2.45, 2.75) is 44.7 Å². The Labute approximate surface area is 165 Å². The van der Waals surface area contributed by atoms with Crippen LogP contribution in [0, 0.1) is 0 Å². The molecule has 2 bridgehead atoms. The van der Waals surface area contributed by atoms with Crippen LogP contribution < -0.4 is 10.2 Å². The molecule has 0 aromatic carbocycles. The lowest BCUT2D eigenvalue weighted by atomic mass is 10.2. The Hall–Kier alpha value is -2.64. The molecule has 8 heteroatoms. The number of anilines is 1. The number of hydrogen-bond donors (Lipinski definition) is 1. The number of piperazine rings is 1. The molecule has 3 rings (SSSR count). The Morgan fingerprint density at radius 2 is 1.86 bits per heavy atom. The van der Waals surface area contributed by atoms with Crippen LogP contribution in [0.4, 0.5) is 5.69 Å². The highest BCUT2D eigenvalue weighted by molar-refractivity contribution is 5.93. The number of nitrogens with one attached hydrogen (secondary N) is 1. The van der Waals surface area contributed by atoms with Gasteiger partial charge in [0.05, 0.1) is 24.0 Å². The fourth-order valence-corrected chi connectivity index (χ4v) is 3.97. The molecule has 0 spiro atoms. The van der Waals surface area contributed by atoms with Gasteiger partial charge < -0.3 is 20.0 Å². The van der Waals surface area contributed by atoms with Crippen LogP contribution in [-0.2, 0) is 9.59 Å². The molecule has 2 aliphatic heterocycles. The van der Waals surface area contributed by atoms with Gasteiger partial charge in [0.15, 0.2) is 0 Å². The van der Waals surface area contributed by atoms with Gasteiger partial charge in [-0.2, -0.15) is 0 Å². The SMILES string of the molecule is CCNC(=O)CCCC(=O)N1C[C@@H]2C[C@H]1CN2C(=O)c1ccc(N(C)C)cn1. The molecule has 2 atom stereocenters. The van der Waals surface area contributed by atoms with Gasteiger partial charge in [-0.1, -0.05) is 0 Å². The van der Waals surface area contributed by atoms with Gasteiger partial charge in [0.1, 0.15) is 5.69 Å². The summed E-state index contributed by atoms with van der Waals surface area (Å²) in [5, 5.41) is 2.74. The standard InChI is InChI=1S/C20H29N5O3/c1-4-21-18(26)6-5-7-19(27)24-12-16-10-15(24)13-25(16)20(28)17-9-8-14(11-22-17)23(2)3/h8-9,11,15-16H,4-7,10,12-13H2,1-3H3,(H,21,26)/t15-,16-/m0/s1. The monoisotopic (exact) mass is 387 g/mol. The minimum absolute atomic E-state index is 0.0113. The van der Waals surface area contributed by atoms with Crippen LogP contribution in [0.1, 0.15) is 43.1 Å². The van der Waals surface area contributed by atoms with Gasteiger partial charge in [0.25, 0.3) is 5.91 Å². The van der Waals surface area contributed by atoms with Crippen molar-refractivity contribution in [3.8, 4) is 0 Å². The number of rotatable bonds is 7. The summed E-state index contributed by atoms with van der Waals surface area (Å²) < 4.78 is 0. The molecule has 2 saturated heterocycles. The fourth-order valence-electron chi connectivity index (χ4n) is 3.97. The molecule has 3 amide bonds. The van der Waals surface area contributed by atoms with Crippen LogP contribution in [0.5, 0.6) is 0 Å². The van der Waals surface area contributed by atoms with Crippen LogP contribution in [0.15, 0.2) is 18.3 Å². The third kappa shape index (κ3) is 4.26. The Balaban J connectivity index is 1.51. The van der Waals surface area contributed by atoms with Gasteiger partial charge >= 0.3 is 0 Å². The Kier molecular flexibility index (Phi) is 6.16. The van der Waals surface area contributed by atoms with Crippen molar-refractivity contribution in [2.75, 3.05) is 38.6 Å². The van der Waals surface area contributed by atoms with Gasteiger partial charge in [0.2, 0.25) is 11.8 Å². The first-order chi connectivity index (χ1) is 13.4. The number of nitrogens with zero attached hydrogens (tertiary/aromatic N) is 4. The van der Waals surface area contributed by atoms with Gasteiger partial charge in [-0.05, 0) is 31.9 Å². The summed E-state index contributed by atoms with van der Waals surface area (Å²) in [5.74, 6) is 0.00120. The molecular formula is C20H29N5O3. The Morgan fingerprint density at radius 1 is 1.14 bits per heavy atom. The van der Waals surface area contributed by atoms with E-state index in [-0.39, 0.29) is 29.8 Å². The van der Waals surface area contributed by atoms with Crippen LogP contribution in [0.3, 0.4) is 0 Å². The number of likely N-dealkylation sites (tertiary alicyclic amines) is 2. The molecule has 1 N–H and O–H groups in total. The van der Waals surface area contributed by atoms with E-state index in [1.807, 2.05) is 41.8 Å². The van der Waals surface area contributed by atoms with Crippen molar-refractivity contribution in [1.29, 1.82) is 0 Å². The minimum atomic E-state index is -0.0684. The zero-order valence-corrected chi connectivity index (χ0v) is 16.9. The molecule has 0 unspecified atom stereocenters. The van der Waals surface area contributed by atoms with Crippen LogP contribution in [-0.4, -0.2) is 78.3 Å². The second-order valence-electron chi connectivity index (χ2n) is 7.65. The van der Waals surface area contributed by atoms with Crippen molar-refractivity contribution in [2.24, 2.45) is 0 Å². The number of carbonyl (C=O) groups is 3. The van der Waals surface area contributed by atoms with Gasteiger partial charge in [-0.15, -0.1) is 0 Å². The smallest absolute Gasteiger partial charge is 0.272 e. The molecule has 2 aliphatic rings. The molecule has 152 valence electrons. The minimum Gasteiger partial charge on any atom is -0.376 e. The number of carbonyl (C=O) groups excluding carboxylic acids is 3. The van der Waals surface area contributed by atoms with Crippen molar-refractivity contribution >= 4 is 23.4 Å². The number of pyridine rings is 1. The first-order valence-electron chi connectivity index (χ1n) is 9.91. The summed E-state index contributed by atoms with van der Waals surface area (Å²) in [6.45, 7) is 3.62. The van der Waals surface area contributed by atoms with Crippen molar-refractivity contribution in [3.63, 3.8) is 0 Å². The highest BCUT2D eigenvalue weighted by Gasteiger charge is 2.47.